The van der Waals surface area contributed by atoms with Gasteiger partial charge in [0.15, 0.2) is 0 Å². The van der Waals surface area contributed by atoms with Crippen molar-refractivity contribution in [2.45, 2.75) is 4.90 Å². The number of nitrogens with zero attached hydrogens (tertiary/aromatic N) is 2. The van der Waals surface area contributed by atoms with Gasteiger partial charge in [-0.05, 0) is 43.4 Å². The Bertz CT molecular complexity index is 1090. The Morgan fingerprint density at radius 1 is 0.821 bits per heavy atom. The van der Waals surface area contributed by atoms with Gasteiger partial charge in [-0.15, -0.1) is 0 Å². The van der Waals surface area contributed by atoms with E-state index in [1.54, 1.807) is 6.07 Å². The zero-order chi connectivity index (χ0) is 19.7. The van der Waals surface area contributed by atoms with E-state index in [1.165, 1.54) is 12.7 Å². The van der Waals surface area contributed by atoms with E-state index in [9.17, 15) is 8.42 Å². The molecule has 0 unspecified atom stereocenters. The van der Waals surface area contributed by atoms with Gasteiger partial charge >= 0.3 is 0 Å². The minimum Gasteiger partial charge on any atom is -0.368 e. The molecule has 1 saturated heterocycles. The summed E-state index contributed by atoms with van der Waals surface area (Å²) in [7, 11) is -2.07. The Morgan fingerprint density at radius 2 is 1.43 bits per heavy atom. The van der Waals surface area contributed by atoms with Crippen LogP contribution in [0.1, 0.15) is 0 Å². The second-order valence-corrected chi connectivity index (χ2v) is 9.08. The number of nitrogens with one attached hydrogen (secondary N) is 1. The van der Waals surface area contributed by atoms with E-state index < -0.39 is 10.0 Å². The summed E-state index contributed by atoms with van der Waals surface area (Å²) in [6.45, 7) is 3.52. The van der Waals surface area contributed by atoms with E-state index >= 15 is 0 Å². The highest BCUT2D eigenvalue weighted by Gasteiger charge is 2.22. The predicted octanol–water partition coefficient (Wildman–Crippen LogP) is 3.73. The van der Waals surface area contributed by atoms with E-state index in [4.69, 9.17) is 11.6 Å². The van der Waals surface area contributed by atoms with Crippen LogP contribution in [0.2, 0.25) is 5.02 Å². The summed E-state index contributed by atoms with van der Waals surface area (Å²) in [5.41, 5.74) is 2.24. The quantitative estimate of drug-likeness (QED) is 0.705. The van der Waals surface area contributed by atoms with E-state index in [2.05, 4.69) is 14.5 Å². The van der Waals surface area contributed by atoms with Crippen LogP contribution in [0.15, 0.2) is 65.6 Å². The average Bonchev–Trinajstić information content (AvgIpc) is 2.73. The molecule has 0 amide bonds. The fourth-order valence-corrected chi connectivity index (χ4v) is 4.79. The molecule has 0 aromatic heterocycles. The molecule has 1 fully saturated rings. The van der Waals surface area contributed by atoms with Crippen LogP contribution in [0.25, 0.3) is 10.8 Å². The molecule has 0 spiro atoms. The van der Waals surface area contributed by atoms with Crippen molar-refractivity contribution in [1.29, 1.82) is 0 Å². The molecule has 0 atom stereocenters. The lowest BCUT2D eigenvalue weighted by atomic mass is 10.1. The first-order valence-electron chi connectivity index (χ1n) is 9.20. The highest BCUT2D eigenvalue weighted by molar-refractivity contribution is 7.89. The van der Waals surface area contributed by atoms with Crippen molar-refractivity contribution in [3.63, 3.8) is 0 Å². The third-order valence-electron chi connectivity index (χ3n) is 5.23. The third kappa shape index (κ3) is 3.55. The highest BCUT2D eigenvalue weighted by Crippen LogP contribution is 2.32. The molecule has 28 heavy (non-hydrogen) atoms. The van der Waals surface area contributed by atoms with E-state index in [0.717, 1.165) is 47.7 Å². The fraction of sp³-hybridized carbons (Fsp3) is 0.238. The lowest BCUT2D eigenvalue weighted by Crippen LogP contribution is -2.46. The number of hydrogen-bond donors (Lipinski definition) is 1. The van der Waals surface area contributed by atoms with Crippen LogP contribution in [-0.2, 0) is 10.0 Å². The molecule has 0 aliphatic carbocycles. The monoisotopic (exact) mass is 415 g/mol. The number of piperazine rings is 1. The Labute approximate surface area is 170 Å². The number of fused-ring (bicyclic) bond motifs is 1. The van der Waals surface area contributed by atoms with Crippen molar-refractivity contribution in [1.82, 2.24) is 4.72 Å². The Balaban J connectivity index is 1.62. The summed E-state index contributed by atoms with van der Waals surface area (Å²) < 4.78 is 27.2. The molecule has 1 heterocycles. The first-order chi connectivity index (χ1) is 13.5. The largest absolute Gasteiger partial charge is 0.368 e. The second kappa shape index (κ2) is 7.62. The van der Waals surface area contributed by atoms with Crippen molar-refractivity contribution in [2.75, 3.05) is 43.0 Å². The number of halogens is 1. The Morgan fingerprint density at radius 3 is 2.07 bits per heavy atom. The smallest absolute Gasteiger partial charge is 0.240 e. The molecule has 146 valence electrons. The van der Waals surface area contributed by atoms with E-state index in [-0.39, 0.29) is 0 Å². The summed E-state index contributed by atoms with van der Waals surface area (Å²) in [5.74, 6) is 0. The summed E-state index contributed by atoms with van der Waals surface area (Å²) in [6.07, 6.45) is 0. The van der Waals surface area contributed by atoms with Gasteiger partial charge in [0, 0.05) is 53.3 Å². The molecule has 1 aliphatic heterocycles. The number of anilines is 2. The van der Waals surface area contributed by atoms with Crippen LogP contribution in [0.5, 0.6) is 0 Å². The van der Waals surface area contributed by atoms with Gasteiger partial charge in [-0.1, -0.05) is 35.9 Å². The summed E-state index contributed by atoms with van der Waals surface area (Å²) in [4.78, 5) is 4.98. The third-order valence-corrected chi connectivity index (χ3v) is 6.96. The zero-order valence-corrected chi connectivity index (χ0v) is 17.2. The van der Waals surface area contributed by atoms with Gasteiger partial charge in [-0.25, -0.2) is 13.1 Å². The number of sulfonamides is 1. The standard InChI is InChI=1S/C21H22ClN3O2S/c1-23-28(26,27)21-11-10-20(18-4-2-3-5-19(18)21)25-14-12-24(13-15-25)17-8-6-16(22)7-9-17/h2-11,23H,12-15H2,1H3. The van der Waals surface area contributed by atoms with Crippen LogP contribution in [-0.4, -0.2) is 41.6 Å². The maximum Gasteiger partial charge on any atom is 0.240 e. The lowest BCUT2D eigenvalue weighted by Gasteiger charge is -2.38. The topological polar surface area (TPSA) is 52.7 Å². The van der Waals surface area contributed by atoms with Crippen LogP contribution < -0.4 is 14.5 Å². The van der Waals surface area contributed by atoms with Crippen LogP contribution >= 0.6 is 11.6 Å². The van der Waals surface area contributed by atoms with Crippen molar-refractivity contribution in [3.05, 3.63) is 65.7 Å². The van der Waals surface area contributed by atoms with Gasteiger partial charge in [0.25, 0.3) is 0 Å². The molecule has 3 aromatic carbocycles. The fourth-order valence-electron chi connectivity index (χ4n) is 3.73. The molecule has 1 aliphatic rings. The Kier molecular flexibility index (Phi) is 5.19. The second-order valence-electron chi connectivity index (χ2n) is 6.79. The normalized spacial score (nSPS) is 15.2. The molecule has 0 radical (unpaired) electrons. The van der Waals surface area contributed by atoms with Crippen LogP contribution in [0.3, 0.4) is 0 Å². The van der Waals surface area contributed by atoms with Gasteiger partial charge in [0.05, 0.1) is 4.90 Å². The highest BCUT2D eigenvalue weighted by atomic mass is 35.5. The molecule has 5 nitrogen and oxygen atoms in total. The first kappa shape index (κ1) is 19.1. The van der Waals surface area contributed by atoms with Crippen LogP contribution in [0.4, 0.5) is 11.4 Å². The maximum atomic E-state index is 12.4. The molecule has 7 heteroatoms. The minimum atomic E-state index is -3.51. The number of hydrogen-bond acceptors (Lipinski definition) is 4. The van der Waals surface area contributed by atoms with Crippen LogP contribution in [0, 0.1) is 0 Å². The predicted molar refractivity (Wildman–Crippen MR) is 116 cm³/mol. The van der Waals surface area contributed by atoms with E-state index in [1.807, 2.05) is 54.6 Å². The molecular weight excluding hydrogens is 394 g/mol. The lowest BCUT2D eigenvalue weighted by molar-refractivity contribution is 0.589. The Hall–Kier alpha value is -2.28. The van der Waals surface area contributed by atoms with Gasteiger partial charge in [0.1, 0.15) is 0 Å². The van der Waals surface area contributed by atoms with Crippen molar-refractivity contribution >= 4 is 43.8 Å². The molecule has 4 rings (SSSR count). The molecule has 3 aromatic rings. The average molecular weight is 416 g/mol. The van der Waals surface area contributed by atoms with Gasteiger partial charge in [-0.3, -0.25) is 0 Å². The first-order valence-corrected chi connectivity index (χ1v) is 11.1. The summed E-state index contributed by atoms with van der Waals surface area (Å²) >= 11 is 5.99. The zero-order valence-electron chi connectivity index (χ0n) is 15.6. The van der Waals surface area contributed by atoms with Gasteiger partial charge in [0.2, 0.25) is 10.0 Å². The van der Waals surface area contributed by atoms with E-state index in [0.29, 0.717) is 4.90 Å². The van der Waals surface area contributed by atoms with Gasteiger partial charge < -0.3 is 9.80 Å². The summed E-state index contributed by atoms with van der Waals surface area (Å²) in [6, 6.07) is 19.2. The molecule has 0 saturated carbocycles. The van der Waals surface area contributed by atoms with Crippen molar-refractivity contribution in [3.8, 4) is 0 Å². The molecule has 1 N–H and O–H groups in total. The molecular formula is C21H22ClN3O2S. The minimum absolute atomic E-state index is 0.314. The maximum absolute atomic E-state index is 12.4. The number of benzene rings is 3. The SMILES string of the molecule is CNS(=O)(=O)c1ccc(N2CCN(c3ccc(Cl)cc3)CC2)c2ccccc12. The molecule has 0 bridgehead atoms. The number of rotatable bonds is 4. The van der Waals surface area contributed by atoms with Crippen molar-refractivity contribution < 1.29 is 8.42 Å². The van der Waals surface area contributed by atoms with Crippen molar-refractivity contribution in [2.24, 2.45) is 0 Å². The van der Waals surface area contributed by atoms with Gasteiger partial charge in [-0.2, -0.15) is 0 Å². The summed E-state index contributed by atoms with van der Waals surface area (Å²) in [5, 5.41) is 2.44.